The summed E-state index contributed by atoms with van der Waals surface area (Å²) >= 11 is 0. The summed E-state index contributed by atoms with van der Waals surface area (Å²) in [7, 11) is 0. The van der Waals surface area contributed by atoms with E-state index in [2.05, 4.69) is 45.4 Å². The lowest BCUT2D eigenvalue weighted by molar-refractivity contribution is 0.318. The van der Waals surface area contributed by atoms with Crippen LogP contribution in [0.15, 0.2) is 6.07 Å². The molecule has 2 aliphatic heterocycles. The molecule has 0 saturated carbocycles. The molecule has 1 aromatic rings. The van der Waals surface area contributed by atoms with Gasteiger partial charge in [0.05, 0.1) is 0 Å². The van der Waals surface area contributed by atoms with Gasteiger partial charge in [-0.1, -0.05) is 13.8 Å². The predicted molar refractivity (Wildman–Crippen MR) is 86.8 cm³/mol. The highest BCUT2D eigenvalue weighted by Crippen LogP contribution is 2.30. The molecule has 0 aromatic carbocycles. The summed E-state index contributed by atoms with van der Waals surface area (Å²) < 4.78 is 0. The molecule has 21 heavy (non-hydrogen) atoms. The molecular weight excluding hydrogens is 262 g/mol. The summed E-state index contributed by atoms with van der Waals surface area (Å²) in [5.41, 5.74) is 0. The molecular formula is C16H27N5. The van der Waals surface area contributed by atoms with Crippen LogP contribution in [0, 0.1) is 0 Å². The Labute approximate surface area is 127 Å². The largest absolute Gasteiger partial charge is 0.370 e. The van der Waals surface area contributed by atoms with E-state index in [4.69, 9.17) is 0 Å². The molecule has 5 heteroatoms. The maximum Gasteiger partial charge on any atom is 0.132 e. The van der Waals surface area contributed by atoms with E-state index in [-0.39, 0.29) is 0 Å². The van der Waals surface area contributed by atoms with E-state index in [0.29, 0.717) is 12.1 Å². The number of anilines is 2. The van der Waals surface area contributed by atoms with E-state index >= 15 is 0 Å². The molecule has 5 nitrogen and oxygen atoms in total. The van der Waals surface area contributed by atoms with E-state index in [1.54, 1.807) is 0 Å². The Morgan fingerprint density at radius 2 is 2.05 bits per heavy atom. The first-order valence-electron chi connectivity index (χ1n) is 8.42. The number of aromatic nitrogens is 2. The second-order valence-corrected chi connectivity index (χ2v) is 6.12. The Hall–Kier alpha value is -1.36. The lowest BCUT2D eigenvalue weighted by atomic mass is 10.1. The molecule has 3 heterocycles. The van der Waals surface area contributed by atoms with Crippen LogP contribution in [-0.4, -0.2) is 46.6 Å². The SMILES string of the molecule is CCCNc1cc(NC2CCN3CCCC23)nc(CC)n1. The van der Waals surface area contributed by atoms with Crippen LogP contribution in [0.4, 0.5) is 11.6 Å². The van der Waals surface area contributed by atoms with Crippen LogP contribution in [-0.2, 0) is 6.42 Å². The zero-order valence-corrected chi connectivity index (χ0v) is 13.2. The van der Waals surface area contributed by atoms with Crippen molar-refractivity contribution in [2.24, 2.45) is 0 Å². The standard InChI is InChI=1S/C16H27N5/c1-3-8-17-15-11-16(20-14(4-2)19-15)18-12-7-10-21-9-5-6-13(12)21/h11-13H,3-10H2,1-2H3,(H2,17,18,19,20). The zero-order chi connectivity index (χ0) is 14.7. The number of rotatable bonds is 6. The van der Waals surface area contributed by atoms with Crippen molar-refractivity contribution in [3.8, 4) is 0 Å². The second-order valence-electron chi connectivity index (χ2n) is 6.12. The fourth-order valence-corrected chi connectivity index (χ4v) is 3.51. The molecule has 0 aliphatic carbocycles. The van der Waals surface area contributed by atoms with Gasteiger partial charge in [0.15, 0.2) is 0 Å². The van der Waals surface area contributed by atoms with Gasteiger partial charge in [-0.15, -0.1) is 0 Å². The van der Waals surface area contributed by atoms with Crippen molar-refractivity contribution in [2.75, 3.05) is 30.3 Å². The number of fused-ring (bicyclic) bond motifs is 1. The van der Waals surface area contributed by atoms with Gasteiger partial charge < -0.3 is 10.6 Å². The Bertz CT molecular complexity index is 476. The van der Waals surface area contributed by atoms with Crippen LogP contribution in [0.2, 0.25) is 0 Å². The molecule has 0 amide bonds. The maximum absolute atomic E-state index is 4.66. The van der Waals surface area contributed by atoms with Crippen molar-refractivity contribution in [2.45, 2.75) is 58.0 Å². The van der Waals surface area contributed by atoms with Gasteiger partial charge in [-0.25, -0.2) is 9.97 Å². The number of hydrogen-bond donors (Lipinski definition) is 2. The summed E-state index contributed by atoms with van der Waals surface area (Å²) in [6.45, 7) is 7.74. The number of nitrogens with one attached hydrogen (secondary N) is 2. The Morgan fingerprint density at radius 3 is 2.86 bits per heavy atom. The Morgan fingerprint density at radius 1 is 1.19 bits per heavy atom. The van der Waals surface area contributed by atoms with Crippen LogP contribution in [0.5, 0.6) is 0 Å². The minimum atomic E-state index is 0.547. The van der Waals surface area contributed by atoms with Gasteiger partial charge in [0.1, 0.15) is 17.5 Å². The topological polar surface area (TPSA) is 53.1 Å². The maximum atomic E-state index is 4.66. The minimum Gasteiger partial charge on any atom is -0.370 e. The normalized spacial score (nSPS) is 25.0. The summed E-state index contributed by atoms with van der Waals surface area (Å²) in [4.78, 5) is 11.8. The van der Waals surface area contributed by atoms with E-state index < -0.39 is 0 Å². The first kappa shape index (κ1) is 14.6. The lowest BCUT2D eigenvalue weighted by Gasteiger charge is -2.22. The van der Waals surface area contributed by atoms with Crippen molar-refractivity contribution < 1.29 is 0 Å². The summed E-state index contributed by atoms with van der Waals surface area (Å²) in [6.07, 6.45) is 5.87. The van der Waals surface area contributed by atoms with Crippen LogP contribution < -0.4 is 10.6 Å². The van der Waals surface area contributed by atoms with Gasteiger partial charge in [0.25, 0.3) is 0 Å². The van der Waals surface area contributed by atoms with E-state index in [1.807, 2.05) is 0 Å². The number of aryl methyl sites for hydroxylation is 1. The molecule has 2 unspecified atom stereocenters. The average molecular weight is 289 g/mol. The molecule has 1 aromatic heterocycles. The highest BCUT2D eigenvalue weighted by atomic mass is 15.2. The van der Waals surface area contributed by atoms with Crippen LogP contribution in [0.3, 0.4) is 0 Å². The van der Waals surface area contributed by atoms with Crippen LogP contribution in [0.25, 0.3) is 0 Å². The first-order valence-corrected chi connectivity index (χ1v) is 8.42. The van der Waals surface area contributed by atoms with Gasteiger partial charge in [-0.3, -0.25) is 4.90 Å². The molecule has 116 valence electrons. The smallest absolute Gasteiger partial charge is 0.132 e. The highest BCUT2D eigenvalue weighted by molar-refractivity contribution is 5.48. The lowest BCUT2D eigenvalue weighted by Crippen LogP contribution is -2.34. The molecule has 2 saturated heterocycles. The summed E-state index contributed by atoms with van der Waals surface area (Å²) in [6, 6.07) is 3.31. The summed E-state index contributed by atoms with van der Waals surface area (Å²) in [5, 5.41) is 7.05. The molecule has 0 radical (unpaired) electrons. The molecule has 0 bridgehead atoms. The van der Waals surface area contributed by atoms with E-state index in [0.717, 1.165) is 36.8 Å². The van der Waals surface area contributed by atoms with Crippen LogP contribution in [0.1, 0.15) is 45.4 Å². The van der Waals surface area contributed by atoms with Crippen LogP contribution >= 0.6 is 0 Å². The van der Waals surface area contributed by atoms with Crippen molar-refractivity contribution in [1.29, 1.82) is 0 Å². The van der Waals surface area contributed by atoms with Gasteiger partial charge in [-0.2, -0.15) is 0 Å². The number of nitrogens with zero attached hydrogens (tertiary/aromatic N) is 3. The fraction of sp³-hybridized carbons (Fsp3) is 0.750. The molecule has 3 rings (SSSR count). The van der Waals surface area contributed by atoms with Crippen molar-refractivity contribution in [3.05, 3.63) is 11.9 Å². The number of hydrogen-bond acceptors (Lipinski definition) is 5. The third kappa shape index (κ3) is 3.28. The molecule has 2 aliphatic rings. The second kappa shape index (κ2) is 6.60. The van der Waals surface area contributed by atoms with Gasteiger partial charge in [0.2, 0.25) is 0 Å². The third-order valence-corrected chi connectivity index (χ3v) is 4.58. The van der Waals surface area contributed by atoms with Crippen molar-refractivity contribution in [3.63, 3.8) is 0 Å². The highest BCUT2D eigenvalue weighted by Gasteiger charge is 2.37. The van der Waals surface area contributed by atoms with Gasteiger partial charge in [-0.05, 0) is 32.2 Å². The Balaban J connectivity index is 1.71. The molecule has 0 spiro atoms. The first-order chi connectivity index (χ1) is 10.3. The zero-order valence-electron chi connectivity index (χ0n) is 13.2. The van der Waals surface area contributed by atoms with Gasteiger partial charge >= 0.3 is 0 Å². The Kier molecular flexibility index (Phi) is 4.58. The predicted octanol–water partition coefficient (Wildman–Crippen LogP) is 2.51. The molecule has 2 fully saturated rings. The molecule has 2 N–H and O–H groups in total. The quantitative estimate of drug-likeness (QED) is 0.843. The van der Waals surface area contributed by atoms with Crippen molar-refractivity contribution in [1.82, 2.24) is 14.9 Å². The van der Waals surface area contributed by atoms with Gasteiger partial charge in [0, 0.05) is 37.7 Å². The van der Waals surface area contributed by atoms with E-state index in [9.17, 15) is 0 Å². The van der Waals surface area contributed by atoms with Crippen molar-refractivity contribution >= 4 is 11.6 Å². The van der Waals surface area contributed by atoms with E-state index in [1.165, 1.54) is 32.4 Å². The third-order valence-electron chi connectivity index (χ3n) is 4.58. The fourth-order valence-electron chi connectivity index (χ4n) is 3.51. The average Bonchev–Trinajstić information content (AvgIpc) is 3.10. The minimum absolute atomic E-state index is 0.547. The molecule has 2 atom stereocenters. The summed E-state index contributed by atoms with van der Waals surface area (Å²) in [5.74, 6) is 2.85. The monoisotopic (exact) mass is 289 g/mol.